The van der Waals surface area contributed by atoms with E-state index in [1.54, 1.807) is 30.7 Å². The number of halogens is 3. The lowest BCUT2D eigenvalue weighted by molar-refractivity contribution is -0.752. The zero-order chi connectivity index (χ0) is 22.0. The summed E-state index contributed by atoms with van der Waals surface area (Å²) < 4.78 is 39.3. The van der Waals surface area contributed by atoms with E-state index >= 15 is 0 Å². The van der Waals surface area contributed by atoms with Gasteiger partial charge in [0.15, 0.2) is 12.7 Å². The third-order valence-corrected chi connectivity index (χ3v) is 3.33. The Kier molecular flexibility index (Phi) is 8.54. The van der Waals surface area contributed by atoms with E-state index in [9.17, 15) is 27.6 Å². The highest BCUT2D eigenvalue weighted by Gasteiger charge is 2.40. The van der Waals surface area contributed by atoms with Crippen LogP contribution in [0.15, 0.2) is 41.6 Å². The number of aliphatic carboxylic acids is 1. The molecule has 2 heterocycles. The molecule has 154 valence electrons. The summed E-state index contributed by atoms with van der Waals surface area (Å²) in [6, 6.07) is 5.07. The first-order chi connectivity index (χ1) is 13.6. The van der Waals surface area contributed by atoms with Gasteiger partial charge in [0.05, 0.1) is 13.7 Å². The quantitative estimate of drug-likeness (QED) is 0.447. The van der Waals surface area contributed by atoms with Gasteiger partial charge in [0, 0.05) is 23.9 Å². The lowest BCUT2D eigenvalue weighted by atomic mass is 10.1. The molecule has 0 aliphatic heterocycles. The van der Waals surface area contributed by atoms with Gasteiger partial charge >= 0.3 is 18.1 Å². The molecule has 0 atom stereocenters. The minimum absolute atomic E-state index is 0.0130. The minimum Gasteiger partial charge on any atom is -0.481 e. The number of methoxy groups -OCH3 is 1. The number of hydrogen-bond donors (Lipinski definition) is 1. The van der Waals surface area contributed by atoms with E-state index in [2.05, 4.69) is 15.8 Å². The third-order valence-electron chi connectivity index (χ3n) is 3.33. The number of pyridine rings is 1. The Bertz CT molecular complexity index is 947. The van der Waals surface area contributed by atoms with Crippen molar-refractivity contribution in [2.75, 3.05) is 7.11 Å². The van der Waals surface area contributed by atoms with Crippen LogP contribution in [0, 0.1) is 12.3 Å². The maximum atomic E-state index is 11.8. The number of ether oxygens (including phenoxy) is 1. The number of alkyl halides is 3. The Labute approximate surface area is 163 Å². The van der Waals surface area contributed by atoms with E-state index in [0.29, 0.717) is 13.7 Å². The van der Waals surface area contributed by atoms with E-state index in [1.165, 1.54) is 15.3 Å². The number of carbonyl (C=O) groups excluding carboxylic acids is 1. The molecule has 0 spiro atoms. The van der Waals surface area contributed by atoms with Gasteiger partial charge in [0.1, 0.15) is 12.6 Å². The molecule has 2 aromatic heterocycles. The van der Waals surface area contributed by atoms with Crippen molar-refractivity contribution >= 4 is 11.9 Å². The molecule has 0 aromatic carbocycles. The van der Waals surface area contributed by atoms with Crippen LogP contribution in [0.25, 0.3) is 11.1 Å². The number of esters is 1. The summed E-state index contributed by atoms with van der Waals surface area (Å²) in [7, 11) is 0.676. The molecule has 8 nitrogen and oxygen atoms in total. The van der Waals surface area contributed by atoms with Crippen molar-refractivity contribution in [2.45, 2.75) is 25.7 Å². The van der Waals surface area contributed by atoms with E-state index in [1.807, 2.05) is 0 Å². The Balaban J connectivity index is 0.000000447. The first-order valence-corrected chi connectivity index (χ1v) is 7.95. The third kappa shape index (κ3) is 7.84. The maximum Gasteiger partial charge on any atom is 0.490 e. The number of carboxylic acid groups (broad SMARTS) is 1. The van der Waals surface area contributed by atoms with Gasteiger partial charge in [-0.1, -0.05) is 10.6 Å². The smallest absolute Gasteiger partial charge is 0.481 e. The van der Waals surface area contributed by atoms with Gasteiger partial charge < -0.3 is 14.4 Å². The predicted molar refractivity (Wildman–Crippen MR) is 93.3 cm³/mol. The number of terminal acetylenes is 1. The highest BCUT2D eigenvalue weighted by atomic mass is 19.4. The second-order valence-corrected chi connectivity index (χ2v) is 5.40. The zero-order valence-electron chi connectivity index (χ0n) is 15.2. The molecule has 0 saturated heterocycles. The molecule has 0 fully saturated rings. The van der Waals surface area contributed by atoms with Crippen LogP contribution in [0.1, 0.15) is 6.42 Å². The van der Waals surface area contributed by atoms with Crippen LogP contribution in [0.4, 0.5) is 13.2 Å². The lowest BCUT2D eigenvalue weighted by Crippen LogP contribution is -2.38. The molecule has 0 aliphatic carbocycles. The van der Waals surface area contributed by atoms with Crippen molar-refractivity contribution in [1.29, 1.82) is 0 Å². The van der Waals surface area contributed by atoms with E-state index in [-0.39, 0.29) is 18.5 Å². The predicted octanol–water partition coefficient (Wildman–Crippen LogP) is 1.03. The lowest BCUT2D eigenvalue weighted by Gasteiger charge is -2.03. The summed E-state index contributed by atoms with van der Waals surface area (Å²) in [6.07, 6.45) is 5.27. The number of rotatable bonds is 5. The maximum absolute atomic E-state index is 11.8. The number of carbonyl (C=O) groups is 2. The number of nitrogens with zero attached hydrogens (tertiary/aromatic N) is 3. The van der Waals surface area contributed by atoms with Gasteiger partial charge in [-0.05, 0) is 16.7 Å². The summed E-state index contributed by atoms with van der Waals surface area (Å²) >= 11 is 0. The summed E-state index contributed by atoms with van der Waals surface area (Å²) in [5.41, 5.74) is 1.35. The Morgan fingerprint density at radius 2 is 2.03 bits per heavy atom. The van der Waals surface area contributed by atoms with Crippen molar-refractivity contribution in [2.24, 2.45) is 0 Å². The molecular weight excluding hydrogens is 395 g/mol. The normalized spacial score (nSPS) is 10.3. The topological polar surface area (TPSA) is 102 Å². The molecule has 29 heavy (non-hydrogen) atoms. The first kappa shape index (κ1) is 23.4. The fourth-order valence-corrected chi connectivity index (χ4v) is 1.93. The summed E-state index contributed by atoms with van der Waals surface area (Å²) in [5.74, 6) is -0.625. The molecule has 0 aliphatic rings. The number of aryl methyl sites for hydroxylation is 1. The van der Waals surface area contributed by atoms with Crippen molar-refractivity contribution in [3.63, 3.8) is 0 Å². The monoisotopic (exact) mass is 412 g/mol. The summed E-state index contributed by atoms with van der Waals surface area (Å²) in [4.78, 5) is 31.8. The van der Waals surface area contributed by atoms with E-state index in [0.717, 1.165) is 11.1 Å². The van der Waals surface area contributed by atoms with Crippen LogP contribution in [0.3, 0.4) is 0 Å². The molecule has 2 rings (SSSR count). The molecule has 1 N–H and O–H groups in total. The standard InChI is InChI=1S/C15H13N3O3.C3H3F3O2/c1-2-6-17-7-3-12(10-14(17)19)13-4-8-18(16-11-13)9-5-15(20)21;1-8-2(7)3(4,5)6/h1,3-4,7-8,10-11H,5-6,9H2;1H3/p+1. The SMILES string of the molecule is C#CCn1ccc(-c2cc[n+](CCC(=O)O)nc2)cc1=O.COC(=O)C(F)(F)F. The molecule has 0 amide bonds. The average molecular weight is 412 g/mol. The molecule has 0 saturated carbocycles. The van der Waals surface area contributed by atoms with Crippen LogP contribution in [0.2, 0.25) is 0 Å². The Morgan fingerprint density at radius 3 is 2.45 bits per heavy atom. The minimum atomic E-state index is -4.85. The van der Waals surface area contributed by atoms with Crippen molar-refractivity contribution in [3.05, 3.63) is 47.1 Å². The van der Waals surface area contributed by atoms with Gasteiger partial charge in [-0.3, -0.25) is 9.59 Å². The van der Waals surface area contributed by atoms with Crippen LogP contribution in [-0.2, 0) is 27.4 Å². The zero-order valence-corrected chi connectivity index (χ0v) is 15.2. The van der Waals surface area contributed by atoms with E-state index in [4.69, 9.17) is 11.5 Å². The average Bonchev–Trinajstić information content (AvgIpc) is 2.67. The molecule has 2 aromatic rings. The molecule has 0 unspecified atom stereocenters. The Hall–Kier alpha value is -3.68. The van der Waals surface area contributed by atoms with Gasteiger partial charge in [-0.2, -0.15) is 13.2 Å². The van der Waals surface area contributed by atoms with Gasteiger partial charge in [-0.15, -0.1) is 6.42 Å². The number of carboxylic acids is 1. The summed E-state index contributed by atoms with van der Waals surface area (Å²) in [6.45, 7) is 0.542. The fourth-order valence-electron chi connectivity index (χ4n) is 1.93. The summed E-state index contributed by atoms with van der Waals surface area (Å²) in [5, 5.41) is 12.7. The van der Waals surface area contributed by atoms with Crippen molar-refractivity contribution in [3.8, 4) is 23.5 Å². The van der Waals surface area contributed by atoms with Gasteiger partial charge in [0.2, 0.25) is 0 Å². The van der Waals surface area contributed by atoms with Crippen LogP contribution in [-0.4, -0.2) is 40.0 Å². The molecule has 11 heteroatoms. The first-order valence-electron chi connectivity index (χ1n) is 7.95. The Morgan fingerprint density at radius 1 is 1.34 bits per heavy atom. The number of hydrogen-bond acceptors (Lipinski definition) is 5. The largest absolute Gasteiger partial charge is 0.490 e. The fraction of sp³-hybridized carbons (Fsp3) is 0.278. The number of aromatic nitrogens is 3. The van der Waals surface area contributed by atoms with Gasteiger partial charge in [0.25, 0.3) is 5.56 Å². The van der Waals surface area contributed by atoms with Crippen LogP contribution >= 0.6 is 0 Å². The highest BCUT2D eigenvalue weighted by molar-refractivity contribution is 5.75. The highest BCUT2D eigenvalue weighted by Crippen LogP contribution is 2.15. The molecule has 0 radical (unpaired) electrons. The van der Waals surface area contributed by atoms with Crippen LogP contribution < -0.4 is 10.2 Å². The van der Waals surface area contributed by atoms with Gasteiger partial charge in [-0.25, -0.2) is 4.79 Å². The second kappa shape index (κ2) is 10.6. The van der Waals surface area contributed by atoms with Crippen molar-refractivity contribution < 1.29 is 37.3 Å². The molecular formula is C18H17F3N3O5+. The molecule has 0 bridgehead atoms. The second-order valence-electron chi connectivity index (χ2n) is 5.40. The van der Waals surface area contributed by atoms with Crippen molar-refractivity contribution in [1.82, 2.24) is 9.67 Å². The van der Waals surface area contributed by atoms with Crippen LogP contribution in [0.5, 0.6) is 0 Å². The van der Waals surface area contributed by atoms with E-state index < -0.39 is 18.1 Å².